The van der Waals surface area contributed by atoms with Crippen molar-refractivity contribution in [2.45, 2.75) is 40.5 Å². The van der Waals surface area contributed by atoms with Crippen LogP contribution >= 0.6 is 14.5 Å². The molecule has 0 amide bonds. The predicted molar refractivity (Wildman–Crippen MR) is 222 cm³/mol. The van der Waals surface area contributed by atoms with Crippen LogP contribution in [-0.4, -0.2) is 24.3 Å². The lowest BCUT2D eigenvalue weighted by atomic mass is 10.4. The van der Waals surface area contributed by atoms with Crippen molar-refractivity contribution >= 4 is 58.3 Å². The van der Waals surface area contributed by atoms with Gasteiger partial charge < -0.3 is 19.8 Å². The fraction of sp³-hybridized carbons (Fsp3) is 0.174. The minimum atomic E-state index is -1.55. The summed E-state index contributed by atoms with van der Waals surface area (Å²) in [5, 5.41) is 26.7. The molecule has 0 radical (unpaired) electrons. The van der Waals surface area contributed by atoms with Crippen LogP contribution in [0.2, 0.25) is 0 Å². The van der Waals surface area contributed by atoms with Gasteiger partial charge >= 0.3 is 0 Å². The summed E-state index contributed by atoms with van der Waals surface area (Å²) in [5.41, 5.74) is 0. The van der Waals surface area contributed by atoms with Gasteiger partial charge in [-0.15, -0.1) is 0 Å². The van der Waals surface area contributed by atoms with E-state index in [9.17, 15) is 0 Å². The Bertz CT molecular complexity index is 1510. The van der Waals surface area contributed by atoms with Crippen molar-refractivity contribution in [1.29, 1.82) is 0 Å². The van der Waals surface area contributed by atoms with Crippen LogP contribution in [0.3, 0.4) is 0 Å². The third kappa shape index (κ3) is 11.6. The summed E-state index contributed by atoms with van der Waals surface area (Å²) in [5.74, 6) is -2.17. The first-order chi connectivity index (χ1) is 25.2. The van der Waals surface area contributed by atoms with Crippen LogP contribution in [0.4, 0.5) is 0 Å². The van der Waals surface area contributed by atoms with E-state index in [4.69, 9.17) is 19.8 Å². The maximum Gasteiger partial charge on any atom is 0.112 e. The summed E-state index contributed by atoms with van der Waals surface area (Å²) in [4.78, 5) is 17.8. The van der Waals surface area contributed by atoms with Gasteiger partial charge in [0.15, 0.2) is 0 Å². The molecule has 0 fully saturated rings. The monoisotopic (exact) mass is 728 g/mol. The zero-order valence-electron chi connectivity index (χ0n) is 30.7. The van der Waals surface area contributed by atoms with E-state index in [1.807, 2.05) is 0 Å². The van der Waals surface area contributed by atoms with Gasteiger partial charge in [-0.2, -0.15) is 0 Å². The lowest BCUT2D eigenvalue weighted by Crippen LogP contribution is -2.33. The van der Waals surface area contributed by atoms with E-state index in [2.05, 4.69) is 196 Å². The number of carbonyl (C=O) groups is 2. The Morgan fingerprint density at radius 1 is 0.365 bits per heavy atom. The number of carboxylic acids is 2. The molecule has 52 heavy (non-hydrogen) atoms. The third-order valence-corrected chi connectivity index (χ3v) is 17.6. The Kier molecular flexibility index (Phi) is 17.7. The summed E-state index contributed by atoms with van der Waals surface area (Å²) < 4.78 is 0. The van der Waals surface area contributed by atoms with E-state index >= 15 is 0 Å². The normalized spacial score (nSPS) is 10.5. The maximum absolute atomic E-state index is 8.89. The van der Waals surface area contributed by atoms with E-state index in [-0.39, 0.29) is 0 Å². The van der Waals surface area contributed by atoms with E-state index in [0.29, 0.717) is 0 Å². The number of aliphatic carboxylic acids is 2. The van der Waals surface area contributed by atoms with Gasteiger partial charge in [-0.25, -0.2) is 0 Å². The summed E-state index contributed by atoms with van der Waals surface area (Å²) in [6.07, 6.45) is 4.80. The first kappa shape index (κ1) is 41.5. The van der Waals surface area contributed by atoms with E-state index in [1.165, 1.54) is 57.0 Å². The molecule has 0 N–H and O–H groups in total. The number of rotatable bonds is 10. The largest absolute Gasteiger partial charge is 0.550 e. The van der Waals surface area contributed by atoms with Gasteiger partial charge in [0.25, 0.3) is 0 Å². The van der Waals surface area contributed by atoms with Gasteiger partial charge in [0.05, 0.1) is 12.3 Å². The van der Waals surface area contributed by atoms with Gasteiger partial charge in [-0.05, 0) is 99.5 Å². The highest BCUT2D eigenvalue weighted by Crippen LogP contribution is 2.56. The maximum atomic E-state index is 8.89. The van der Waals surface area contributed by atoms with Crippen LogP contribution in [0, 0.1) is 0 Å². The van der Waals surface area contributed by atoms with Crippen molar-refractivity contribution in [2.75, 3.05) is 12.3 Å². The van der Waals surface area contributed by atoms with Crippen LogP contribution < -0.4 is 42.0 Å². The first-order valence-corrected chi connectivity index (χ1v) is 21.6. The van der Waals surface area contributed by atoms with E-state index in [1.54, 1.807) is 0 Å². The average Bonchev–Trinajstić information content (AvgIpc) is 3.18. The van der Waals surface area contributed by atoms with E-state index in [0.717, 1.165) is 13.8 Å². The van der Waals surface area contributed by atoms with Crippen LogP contribution in [0.5, 0.6) is 0 Å². The standard InChI is InChI=1S/2C21H22P.2C2H4O2/c2*1-2-18-22(19-12-6-3-7-13-19,20-14-8-4-9-15-20)21-16-10-5-11-17-21;2*1-2(3)4/h2*3-17H,2,18H2,1H3;2*1H3,(H,3,4)/q2*+1;;/p-2. The molecular formula is C46H50O4P2. The lowest BCUT2D eigenvalue weighted by molar-refractivity contribution is -0.303. The zero-order valence-corrected chi connectivity index (χ0v) is 32.5. The summed E-state index contributed by atoms with van der Waals surface area (Å²) in [6, 6.07) is 66.4. The molecule has 0 saturated heterocycles. The highest BCUT2D eigenvalue weighted by Gasteiger charge is 2.45. The Labute approximate surface area is 311 Å². The molecule has 0 aliphatic heterocycles. The second-order valence-electron chi connectivity index (χ2n) is 12.1. The summed E-state index contributed by atoms with van der Waals surface area (Å²) >= 11 is 0. The quantitative estimate of drug-likeness (QED) is 0.155. The molecule has 0 aromatic heterocycles. The Morgan fingerprint density at radius 3 is 0.615 bits per heavy atom. The van der Waals surface area contributed by atoms with Crippen LogP contribution in [-0.2, 0) is 9.59 Å². The Morgan fingerprint density at radius 2 is 0.500 bits per heavy atom. The predicted octanol–water partition coefficient (Wildman–Crippen LogP) is 6.29. The molecule has 0 saturated carbocycles. The summed E-state index contributed by atoms with van der Waals surface area (Å²) in [6.45, 7) is 6.53. The topological polar surface area (TPSA) is 80.3 Å². The molecule has 0 aliphatic carbocycles. The zero-order chi connectivity index (χ0) is 37.7. The average molecular weight is 729 g/mol. The molecule has 0 spiro atoms. The van der Waals surface area contributed by atoms with Crippen LogP contribution in [0.1, 0.15) is 40.5 Å². The molecule has 268 valence electrons. The van der Waals surface area contributed by atoms with Crippen molar-refractivity contribution in [3.63, 3.8) is 0 Å². The molecule has 6 aromatic carbocycles. The molecular weight excluding hydrogens is 678 g/mol. The van der Waals surface area contributed by atoms with Crippen molar-refractivity contribution in [1.82, 2.24) is 0 Å². The molecule has 6 rings (SSSR count). The minimum Gasteiger partial charge on any atom is -0.550 e. The third-order valence-electron chi connectivity index (χ3n) is 8.30. The summed E-state index contributed by atoms with van der Waals surface area (Å²) in [7, 11) is -3.11. The highest BCUT2D eigenvalue weighted by molar-refractivity contribution is 7.96. The second-order valence-corrected chi connectivity index (χ2v) is 19.3. The molecule has 0 bridgehead atoms. The van der Waals surface area contributed by atoms with Gasteiger partial charge in [0.2, 0.25) is 0 Å². The van der Waals surface area contributed by atoms with Gasteiger partial charge in [-0.1, -0.05) is 123 Å². The molecule has 4 nitrogen and oxygen atoms in total. The number of carboxylic acid groups (broad SMARTS) is 2. The van der Waals surface area contributed by atoms with Gasteiger partial charge in [-0.3, -0.25) is 0 Å². The number of benzene rings is 6. The number of carbonyl (C=O) groups excluding carboxylic acids is 2. The van der Waals surface area contributed by atoms with Gasteiger partial charge in [0.1, 0.15) is 46.4 Å². The number of hydrogen-bond donors (Lipinski definition) is 0. The van der Waals surface area contributed by atoms with Crippen molar-refractivity contribution < 1.29 is 19.8 Å². The SMILES string of the molecule is CC(=O)[O-].CC(=O)[O-].CCC[P+](c1ccccc1)(c1ccccc1)c1ccccc1.CCC[P+](c1ccccc1)(c1ccccc1)c1ccccc1. The molecule has 6 heteroatoms. The fourth-order valence-electron chi connectivity index (χ4n) is 6.43. The molecule has 0 heterocycles. The van der Waals surface area contributed by atoms with Gasteiger partial charge in [0, 0.05) is 11.9 Å². The lowest BCUT2D eigenvalue weighted by Gasteiger charge is -2.27. The van der Waals surface area contributed by atoms with Crippen molar-refractivity contribution in [3.8, 4) is 0 Å². The molecule has 0 aliphatic rings. The fourth-order valence-corrected chi connectivity index (χ4v) is 15.2. The Hall–Kier alpha value is -4.88. The molecule has 0 unspecified atom stereocenters. The van der Waals surface area contributed by atoms with E-state index < -0.39 is 26.5 Å². The number of hydrogen-bond acceptors (Lipinski definition) is 4. The highest BCUT2D eigenvalue weighted by atomic mass is 31.2. The Balaban J connectivity index is 0.000000233. The van der Waals surface area contributed by atoms with Crippen LogP contribution in [0.25, 0.3) is 0 Å². The molecule has 6 aromatic rings. The van der Waals surface area contributed by atoms with Crippen molar-refractivity contribution in [2.24, 2.45) is 0 Å². The second kappa shape index (κ2) is 22.1. The van der Waals surface area contributed by atoms with Crippen LogP contribution in [0.15, 0.2) is 182 Å². The van der Waals surface area contributed by atoms with Crippen molar-refractivity contribution in [3.05, 3.63) is 182 Å². The minimum absolute atomic E-state index is 0.972. The smallest absolute Gasteiger partial charge is 0.112 e. The molecule has 0 atom stereocenters. The first-order valence-electron chi connectivity index (χ1n) is 17.7.